The lowest BCUT2D eigenvalue weighted by Gasteiger charge is -2.10. The van der Waals surface area contributed by atoms with Gasteiger partial charge in [0.1, 0.15) is 0 Å². The Morgan fingerprint density at radius 1 is 1.54 bits per heavy atom. The van der Waals surface area contributed by atoms with Crippen LogP contribution in [-0.2, 0) is 4.74 Å². The second-order valence-corrected chi connectivity index (χ2v) is 3.18. The minimum atomic E-state index is -0.503. The molecule has 13 heavy (non-hydrogen) atoms. The first kappa shape index (κ1) is 10.0. The van der Waals surface area contributed by atoms with Gasteiger partial charge in [0, 0.05) is 12.1 Å². The average molecular weight is 196 g/mol. The van der Waals surface area contributed by atoms with Crippen LogP contribution >= 0.6 is 11.6 Å². The first-order valence-electron chi connectivity index (χ1n) is 3.87. The zero-order chi connectivity index (χ0) is 9.84. The number of hydrogen-bond acceptors (Lipinski definition) is 2. The molecule has 0 spiro atoms. The number of hydrogen-bond donors (Lipinski definition) is 0. The SMILES string of the molecule is COC(C#N)c1ccc(Cl)cc1C. The van der Waals surface area contributed by atoms with E-state index in [-0.39, 0.29) is 0 Å². The lowest BCUT2D eigenvalue weighted by molar-refractivity contribution is 0.148. The molecule has 3 heteroatoms. The molecule has 0 N–H and O–H groups in total. The molecule has 1 aromatic rings. The van der Waals surface area contributed by atoms with Gasteiger partial charge >= 0.3 is 0 Å². The maximum Gasteiger partial charge on any atom is 0.168 e. The number of methoxy groups -OCH3 is 1. The second-order valence-electron chi connectivity index (χ2n) is 2.75. The summed E-state index contributed by atoms with van der Waals surface area (Å²) in [6.07, 6.45) is -0.503. The number of halogens is 1. The van der Waals surface area contributed by atoms with E-state index in [1.165, 1.54) is 7.11 Å². The highest BCUT2D eigenvalue weighted by Crippen LogP contribution is 2.22. The summed E-state index contributed by atoms with van der Waals surface area (Å²) in [5.41, 5.74) is 1.84. The van der Waals surface area contributed by atoms with Crippen molar-refractivity contribution in [2.24, 2.45) is 0 Å². The fraction of sp³-hybridized carbons (Fsp3) is 0.300. The molecule has 0 amide bonds. The van der Waals surface area contributed by atoms with Crippen LogP contribution in [0.3, 0.4) is 0 Å². The Morgan fingerprint density at radius 3 is 2.69 bits per heavy atom. The molecule has 1 rings (SSSR count). The third-order valence-corrected chi connectivity index (χ3v) is 2.10. The van der Waals surface area contributed by atoms with Crippen molar-refractivity contribution in [3.63, 3.8) is 0 Å². The summed E-state index contributed by atoms with van der Waals surface area (Å²) < 4.78 is 5.00. The summed E-state index contributed by atoms with van der Waals surface area (Å²) in [5.74, 6) is 0. The first-order chi connectivity index (χ1) is 6.19. The maximum atomic E-state index is 8.77. The van der Waals surface area contributed by atoms with Gasteiger partial charge in [-0.2, -0.15) is 5.26 Å². The normalized spacial score (nSPS) is 12.2. The summed E-state index contributed by atoms with van der Waals surface area (Å²) in [7, 11) is 1.52. The first-order valence-corrected chi connectivity index (χ1v) is 4.25. The molecule has 0 aromatic heterocycles. The molecule has 0 bridgehead atoms. The van der Waals surface area contributed by atoms with E-state index in [0.717, 1.165) is 11.1 Å². The summed E-state index contributed by atoms with van der Waals surface area (Å²) >= 11 is 5.78. The molecule has 0 saturated carbocycles. The molecular formula is C10H10ClNO. The lowest BCUT2D eigenvalue weighted by atomic mass is 10.0. The van der Waals surface area contributed by atoms with Gasteiger partial charge in [-0.05, 0) is 30.2 Å². The van der Waals surface area contributed by atoms with Crippen molar-refractivity contribution in [3.05, 3.63) is 34.3 Å². The van der Waals surface area contributed by atoms with Gasteiger partial charge in [0.05, 0.1) is 6.07 Å². The number of nitriles is 1. The Morgan fingerprint density at radius 2 is 2.23 bits per heavy atom. The molecule has 1 unspecified atom stereocenters. The van der Waals surface area contributed by atoms with Gasteiger partial charge in [0.15, 0.2) is 6.10 Å². The van der Waals surface area contributed by atoms with Crippen LogP contribution in [0.2, 0.25) is 5.02 Å². The third kappa shape index (κ3) is 2.21. The number of benzene rings is 1. The standard InChI is InChI=1S/C10H10ClNO/c1-7-5-8(11)3-4-9(7)10(6-12)13-2/h3-5,10H,1-2H3. The van der Waals surface area contributed by atoms with Gasteiger partial charge in [-0.25, -0.2) is 0 Å². The van der Waals surface area contributed by atoms with Crippen molar-refractivity contribution in [1.29, 1.82) is 5.26 Å². The van der Waals surface area contributed by atoms with Crippen LogP contribution < -0.4 is 0 Å². The van der Waals surface area contributed by atoms with E-state index in [4.69, 9.17) is 21.6 Å². The second kappa shape index (κ2) is 4.27. The highest BCUT2D eigenvalue weighted by molar-refractivity contribution is 6.30. The van der Waals surface area contributed by atoms with Crippen LogP contribution in [0.4, 0.5) is 0 Å². The molecule has 0 aliphatic carbocycles. The predicted molar refractivity (Wildman–Crippen MR) is 51.6 cm³/mol. The van der Waals surface area contributed by atoms with Crippen LogP contribution in [0, 0.1) is 18.3 Å². The zero-order valence-electron chi connectivity index (χ0n) is 7.54. The predicted octanol–water partition coefficient (Wildman–Crippen LogP) is 2.86. The minimum Gasteiger partial charge on any atom is -0.362 e. The van der Waals surface area contributed by atoms with E-state index in [2.05, 4.69) is 6.07 Å². The number of aryl methyl sites for hydroxylation is 1. The number of ether oxygens (including phenoxy) is 1. The van der Waals surface area contributed by atoms with E-state index < -0.39 is 6.10 Å². The summed E-state index contributed by atoms with van der Waals surface area (Å²) in [6.45, 7) is 1.91. The number of nitrogens with zero attached hydrogens (tertiary/aromatic N) is 1. The molecular weight excluding hydrogens is 186 g/mol. The minimum absolute atomic E-state index is 0.503. The van der Waals surface area contributed by atoms with Gasteiger partial charge in [-0.15, -0.1) is 0 Å². The molecule has 68 valence electrons. The van der Waals surface area contributed by atoms with Gasteiger partial charge in [0.2, 0.25) is 0 Å². The summed E-state index contributed by atoms with van der Waals surface area (Å²) in [6, 6.07) is 7.45. The number of rotatable bonds is 2. The van der Waals surface area contributed by atoms with Crippen LogP contribution in [0.5, 0.6) is 0 Å². The van der Waals surface area contributed by atoms with E-state index >= 15 is 0 Å². The Bertz CT molecular complexity index is 343. The van der Waals surface area contributed by atoms with Gasteiger partial charge in [0.25, 0.3) is 0 Å². The Hall–Kier alpha value is -1.04. The van der Waals surface area contributed by atoms with E-state index in [0.29, 0.717) is 5.02 Å². The van der Waals surface area contributed by atoms with Gasteiger partial charge < -0.3 is 4.74 Å². The quantitative estimate of drug-likeness (QED) is 0.727. The summed E-state index contributed by atoms with van der Waals surface area (Å²) in [4.78, 5) is 0. The molecule has 1 atom stereocenters. The average Bonchev–Trinajstić information content (AvgIpc) is 2.10. The molecule has 0 heterocycles. The van der Waals surface area contributed by atoms with Crippen LogP contribution in [0.15, 0.2) is 18.2 Å². The molecule has 0 saturated heterocycles. The lowest BCUT2D eigenvalue weighted by Crippen LogP contribution is -2.00. The van der Waals surface area contributed by atoms with E-state index in [1.807, 2.05) is 19.1 Å². The topological polar surface area (TPSA) is 33.0 Å². The summed E-state index contributed by atoms with van der Waals surface area (Å²) in [5, 5.41) is 9.44. The molecule has 0 fully saturated rings. The zero-order valence-corrected chi connectivity index (χ0v) is 8.30. The van der Waals surface area contributed by atoms with E-state index in [9.17, 15) is 0 Å². The molecule has 0 aliphatic heterocycles. The van der Waals surface area contributed by atoms with Crippen molar-refractivity contribution >= 4 is 11.6 Å². The van der Waals surface area contributed by atoms with Crippen molar-refractivity contribution in [2.45, 2.75) is 13.0 Å². The highest BCUT2D eigenvalue weighted by atomic mass is 35.5. The Balaban J connectivity index is 3.09. The molecule has 1 aromatic carbocycles. The Kier molecular flexibility index (Phi) is 3.30. The fourth-order valence-corrected chi connectivity index (χ4v) is 1.41. The van der Waals surface area contributed by atoms with Crippen molar-refractivity contribution < 1.29 is 4.74 Å². The largest absolute Gasteiger partial charge is 0.362 e. The van der Waals surface area contributed by atoms with Crippen LogP contribution in [0.1, 0.15) is 17.2 Å². The highest BCUT2D eigenvalue weighted by Gasteiger charge is 2.11. The van der Waals surface area contributed by atoms with E-state index in [1.54, 1.807) is 6.07 Å². The third-order valence-electron chi connectivity index (χ3n) is 1.87. The van der Waals surface area contributed by atoms with Crippen LogP contribution in [-0.4, -0.2) is 7.11 Å². The Labute approximate surface area is 82.7 Å². The van der Waals surface area contributed by atoms with Crippen LogP contribution in [0.25, 0.3) is 0 Å². The molecule has 2 nitrogen and oxygen atoms in total. The van der Waals surface area contributed by atoms with Crippen molar-refractivity contribution in [1.82, 2.24) is 0 Å². The molecule has 0 aliphatic rings. The monoisotopic (exact) mass is 195 g/mol. The van der Waals surface area contributed by atoms with Gasteiger partial charge in [-0.1, -0.05) is 17.7 Å². The molecule has 0 radical (unpaired) electrons. The maximum absolute atomic E-state index is 8.77. The fourth-order valence-electron chi connectivity index (χ4n) is 1.18. The van der Waals surface area contributed by atoms with Crippen molar-refractivity contribution in [2.75, 3.05) is 7.11 Å². The van der Waals surface area contributed by atoms with Crippen molar-refractivity contribution in [3.8, 4) is 6.07 Å². The van der Waals surface area contributed by atoms with Gasteiger partial charge in [-0.3, -0.25) is 0 Å². The smallest absolute Gasteiger partial charge is 0.168 e.